The third-order valence-electron chi connectivity index (χ3n) is 4.17. The highest BCUT2D eigenvalue weighted by Crippen LogP contribution is 2.25. The first kappa shape index (κ1) is 19.0. The van der Waals surface area contributed by atoms with Crippen molar-refractivity contribution in [3.63, 3.8) is 0 Å². The molecule has 1 N–H and O–H groups in total. The molecule has 0 spiro atoms. The molecule has 2 rings (SSSR count). The minimum Gasteiger partial charge on any atom is -0.360 e. The van der Waals surface area contributed by atoms with Crippen LogP contribution in [0.1, 0.15) is 56.3 Å². The van der Waals surface area contributed by atoms with Gasteiger partial charge in [-0.2, -0.15) is 0 Å². The highest BCUT2D eigenvalue weighted by Gasteiger charge is 2.27. The number of nitrogens with one attached hydrogen (secondary N) is 1. The number of piperidine rings is 1. The second kappa shape index (κ2) is 7.97. The fourth-order valence-electron chi connectivity index (χ4n) is 2.66. The maximum absolute atomic E-state index is 12.5. The Kier molecular flexibility index (Phi) is 6.88. The van der Waals surface area contributed by atoms with Crippen LogP contribution >= 0.6 is 12.4 Å². The lowest BCUT2D eigenvalue weighted by atomic mass is 9.92. The van der Waals surface area contributed by atoms with E-state index in [0.29, 0.717) is 5.69 Å². The molecule has 0 radical (unpaired) electrons. The zero-order valence-electron chi connectivity index (χ0n) is 14.0. The van der Waals surface area contributed by atoms with Crippen LogP contribution in [0.4, 0.5) is 0 Å². The van der Waals surface area contributed by atoms with Crippen molar-refractivity contribution in [3.05, 3.63) is 17.5 Å². The molecule has 22 heavy (non-hydrogen) atoms. The Morgan fingerprint density at radius 1 is 1.41 bits per heavy atom. The number of aromatic nitrogens is 1. The second-order valence-corrected chi connectivity index (χ2v) is 6.95. The van der Waals surface area contributed by atoms with Gasteiger partial charge in [0.25, 0.3) is 5.91 Å². The molecule has 1 saturated heterocycles. The van der Waals surface area contributed by atoms with Gasteiger partial charge in [0, 0.05) is 24.6 Å². The lowest BCUT2D eigenvalue weighted by molar-refractivity contribution is 0.0676. The van der Waals surface area contributed by atoms with Crippen molar-refractivity contribution in [3.8, 4) is 0 Å². The van der Waals surface area contributed by atoms with E-state index < -0.39 is 0 Å². The van der Waals surface area contributed by atoms with Crippen molar-refractivity contribution in [1.82, 2.24) is 15.4 Å². The molecule has 0 bridgehead atoms. The normalized spacial score (nSPS) is 16.5. The molecule has 2 heterocycles. The molecule has 0 aliphatic carbocycles. The van der Waals surface area contributed by atoms with Crippen LogP contribution < -0.4 is 5.32 Å². The number of hydrogen-bond acceptors (Lipinski definition) is 4. The van der Waals surface area contributed by atoms with E-state index >= 15 is 0 Å². The van der Waals surface area contributed by atoms with Crippen LogP contribution in [0.5, 0.6) is 0 Å². The summed E-state index contributed by atoms with van der Waals surface area (Å²) < 4.78 is 5.31. The third kappa shape index (κ3) is 4.71. The fourth-order valence-corrected chi connectivity index (χ4v) is 2.66. The lowest BCUT2D eigenvalue weighted by Crippen LogP contribution is -2.39. The fraction of sp³-hybridized carbons (Fsp3) is 0.750. The summed E-state index contributed by atoms with van der Waals surface area (Å²) in [4.78, 5) is 14.4. The average molecular weight is 330 g/mol. The Hall–Kier alpha value is -1.07. The van der Waals surface area contributed by atoms with Crippen molar-refractivity contribution in [2.24, 2.45) is 5.92 Å². The number of likely N-dealkylation sites (tertiary alicyclic amines) is 1. The number of rotatable bonds is 4. The van der Waals surface area contributed by atoms with Gasteiger partial charge >= 0.3 is 0 Å². The minimum absolute atomic E-state index is 0. The summed E-state index contributed by atoms with van der Waals surface area (Å²) in [5.41, 5.74) is 0.319. The summed E-state index contributed by atoms with van der Waals surface area (Å²) in [5.74, 6) is 1.49. The standard InChI is InChI=1S/C16H27N3O2.ClH/c1-16(2,3)14-11-13(18-21-14)15(20)19-9-6-12(7-10-19)5-8-17-4;/h11-12,17H,5-10H2,1-4H3;1H. The van der Waals surface area contributed by atoms with E-state index in [-0.39, 0.29) is 23.7 Å². The molecule has 1 aromatic rings. The highest BCUT2D eigenvalue weighted by atomic mass is 35.5. The lowest BCUT2D eigenvalue weighted by Gasteiger charge is -2.31. The topological polar surface area (TPSA) is 58.4 Å². The molecule has 1 amide bonds. The van der Waals surface area contributed by atoms with E-state index in [4.69, 9.17) is 4.52 Å². The monoisotopic (exact) mass is 329 g/mol. The Labute approximate surface area is 139 Å². The van der Waals surface area contributed by atoms with E-state index in [0.717, 1.165) is 44.2 Å². The summed E-state index contributed by atoms with van der Waals surface area (Å²) in [6, 6.07) is 1.79. The van der Waals surface area contributed by atoms with Gasteiger partial charge in [-0.1, -0.05) is 25.9 Å². The summed E-state index contributed by atoms with van der Waals surface area (Å²) in [5, 5.41) is 7.14. The van der Waals surface area contributed by atoms with Crippen LogP contribution in [0, 0.1) is 5.92 Å². The van der Waals surface area contributed by atoms with Gasteiger partial charge in [0.2, 0.25) is 0 Å². The van der Waals surface area contributed by atoms with Gasteiger partial charge in [-0.25, -0.2) is 0 Å². The van der Waals surface area contributed by atoms with Crippen molar-refractivity contribution < 1.29 is 9.32 Å². The molecule has 5 nitrogen and oxygen atoms in total. The second-order valence-electron chi connectivity index (χ2n) is 6.95. The van der Waals surface area contributed by atoms with Crippen molar-refractivity contribution in [1.29, 1.82) is 0 Å². The van der Waals surface area contributed by atoms with Gasteiger partial charge in [-0.3, -0.25) is 4.79 Å². The first-order chi connectivity index (χ1) is 9.91. The van der Waals surface area contributed by atoms with Crippen molar-refractivity contribution in [2.45, 2.75) is 45.4 Å². The highest BCUT2D eigenvalue weighted by molar-refractivity contribution is 5.92. The molecule has 1 aliphatic heterocycles. The molecule has 1 aliphatic rings. The molecule has 6 heteroatoms. The van der Waals surface area contributed by atoms with Crippen LogP contribution in [-0.2, 0) is 5.41 Å². The van der Waals surface area contributed by atoms with Gasteiger partial charge in [0.1, 0.15) is 5.76 Å². The van der Waals surface area contributed by atoms with Gasteiger partial charge in [0.05, 0.1) is 0 Å². The van der Waals surface area contributed by atoms with Gasteiger partial charge < -0.3 is 14.7 Å². The molecule has 0 saturated carbocycles. The van der Waals surface area contributed by atoms with Crippen LogP contribution in [0.2, 0.25) is 0 Å². The molecular weight excluding hydrogens is 302 g/mol. The Morgan fingerprint density at radius 2 is 2.05 bits per heavy atom. The number of hydrogen-bond donors (Lipinski definition) is 1. The first-order valence-electron chi connectivity index (χ1n) is 7.83. The SMILES string of the molecule is CNCCC1CCN(C(=O)c2cc(C(C)(C)C)on2)CC1.Cl. The van der Waals surface area contributed by atoms with Crippen LogP contribution in [-0.4, -0.2) is 42.6 Å². The van der Waals surface area contributed by atoms with Gasteiger partial charge in [-0.05, 0) is 38.8 Å². The van der Waals surface area contributed by atoms with Gasteiger partial charge in [0.15, 0.2) is 5.69 Å². The first-order valence-corrected chi connectivity index (χ1v) is 7.83. The molecule has 0 unspecified atom stereocenters. The van der Waals surface area contributed by atoms with Crippen molar-refractivity contribution >= 4 is 18.3 Å². The number of amides is 1. The zero-order chi connectivity index (χ0) is 15.5. The minimum atomic E-state index is -0.119. The molecule has 0 atom stereocenters. The molecule has 126 valence electrons. The van der Waals surface area contributed by atoms with Gasteiger partial charge in [-0.15, -0.1) is 12.4 Å². The van der Waals surface area contributed by atoms with E-state index in [1.54, 1.807) is 6.07 Å². The Morgan fingerprint density at radius 3 is 2.55 bits per heavy atom. The molecule has 1 aromatic heterocycles. The number of carbonyl (C=O) groups excluding carboxylic acids is 1. The quantitative estimate of drug-likeness (QED) is 0.922. The Bertz CT molecular complexity index is 474. The van der Waals surface area contributed by atoms with Crippen LogP contribution in [0.15, 0.2) is 10.6 Å². The smallest absolute Gasteiger partial charge is 0.276 e. The average Bonchev–Trinajstić information content (AvgIpc) is 2.95. The predicted octanol–water partition coefficient (Wildman–Crippen LogP) is 2.86. The van der Waals surface area contributed by atoms with Crippen molar-refractivity contribution in [2.75, 3.05) is 26.7 Å². The molecule has 0 aromatic carbocycles. The largest absolute Gasteiger partial charge is 0.360 e. The number of nitrogens with zero attached hydrogens (tertiary/aromatic N) is 2. The zero-order valence-corrected chi connectivity index (χ0v) is 14.8. The maximum Gasteiger partial charge on any atom is 0.276 e. The van der Waals surface area contributed by atoms with E-state index in [9.17, 15) is 4.79 Å². The van der Waals surface area contributed by atoms with E-state index in [2.05, 4.69) is 31.2 Å². The summed E-state index contributed by atoms with van der Waals surface area (Å²) in [7, 11) is 1.98. The Balaban J connectivity index is 0.00000242. The van der Waals surface area contributed by atoms with E-state index in [1.807, 2.05) is 11.9 Å². The predicted molar refractivity (Wildman–Crippen MR) is 89.6 cm³/mol. The van der Waals surface area contributed by atoms with E-state index in [1.165, 1.54) is 6.42 Å². The van der Waals surface area contributed by atoms with Crippen LogP contribution in [0.3, 0.4) is 0 Å². The number of halogens is 1. The maximum atomic E-state index is 12.5. The summed E-state index contributed by atoms with van der Waals surface area (Å²) in [6.45, 7) is 8.85. The summed E-state index contributed by atoms with van der Waals surface area (Å²) in [6.07, 6.45) is 3.35. The third-order valence-corrected chi connectivity index (χ3v) is 4.17. The van der Waals surface area contributed by atoms with Crippen LogP contribution in [0.25, 0.3) is 0 Å². The molecule has 1 fully saturated rings. The number of carbonyl (C=O) groups is 1. The summed E-state index contributed by atoms with van der Waals surface area (Å²) >= 11 is 0. The molecular formula is C16H28ClN3O2.